The molecule has 6 heteroatoms. The Morgan fingerprint density at radius 2 is 2.31 bits per heavy atom. The average Bonchev–Trinajstić information content (AvgIpc) is 2.69. The number of aromatic nitrogens is 4. The lowest BCUT2D eigenvalue weighted by Crippen LogP contribution is -2.11. The van der Waals surface area contributed by atoms with Gasteiger partial charge in [0.25, 0.3) is 0 Å². The summed E-state index contributed by atoms with van der Waals surface area (Å²) in [5.41, 5.74) is 6.41. The number of rotatable bonds is 4. The smallest absolute Gasteiger partial charge is 0.222 e. The van der Waals surface area contributed by atoms with Gasteiger partial charge in [-0.25, -0.2) is 9.97 Å². The number of nitrogens with zero attached hydrogens (tertiary/aromatic N) is 4. The van der Waals surface area contributed by atoms with Gasteiger partial charge >= 0.3 is 0 Å². The van der Waals surface area contributed by atoms with E-state index >= 15 is 0 Å². The molecule has 84 valence electrons. The molecule has 2 aromatic rings. The minimum absolute atomic E-state index is 0.296. The maximum Gasteiger partial charge on any atom is 0.222 e. The maximum absolute atomic E-state index is 5.55. The Morgan fingerprint density at radius 3 is 3.00 bits per heavy atom. The molecule has 0 amide bonds. The summed E-state index contributed by atoms with van der Waals surface area (Å²) in [6.45, 7) is 3.49. The van der Waals surface area contributed by atoms with Gasteiger partial charge < -0.3 is 15.6 Å². The van der Waals surface area contributed by atoms with Crippen LogP contribution in [0.25, 0.3) is 0 Å². The zero-order chi connectivity index (χ0) is 11.4. The van der Waals surface area contributed by atoms with Crippen LogP contribution in [0.5, 0.6) is 0 Å². The summed E-state index contributed by atoms with van der Waals surface area (Å²) in [6.07, 6.45) is 5.45. The molecule has 0 aliphatic rings. The summed E-state index contributed by atoms with van der Waals surface area (Å²) in [6, 6.07) is 1.87. The van der Waals surface area contributed by atoms with E-state index in [0.717, 1.165) is 24.6 Å². The number of anilines is 2. The third kappa shape index (κ3) is 2.69. The standard InChI is InChI=1S/C10H14N6/c1-8-6-9(15-10(11)14-8)13-3-5-16-4-2-12-7-16/h2,4,6-7H,3,5H2,1H3,(H3,11,13,14,15). The molecular formula is C10H14N6. The lowest BCUT2D eigenvalue weighted by atomic mass is 10.4. The van der Waals surface area contributed by atoms with Gasteiger partial charge in [0.2, 0.25) is 5.95 Å². The predicted molar refractivity (Wildman–Crippen MR) is 61.9 cm³/mol. The van der Waals surface area contributed by atoms with Crippen LogP contribution >= 0.6 is 0 Å². The number of hydrogen-bond acceptors (Lipinski definition) is 5. The molecular weight excluding hydrogens is 204 g/mol. The maximum atomic E-state index is 5.55. The first-order valence-electron chi connectivity index (χ1n) is 5.05. The van der Waals surface area contributed by atoms with Gasteiger partial charge in [0.1, 0.15) is 5.82 Å². The fourth-order valence-corrected chi connectivity index (χ4v) is 1.41. The van der Waals surface area contributed by atoms with Crippen LogP contribution in [0, 0.1) is 6.92 Å². The lowest BCUT2D eigenvalue weighted by molar-refractivity contribution is 0.725. The van der Waals surface area contributed by atoms with E-state index in [-0.39, 0.29) is 0 Å². The van der Waals surface area contributed by atoms with Crippen molar-refractivity contribution in [3.63, 3.8) is 0 Å². The van der Waals surface area contributed by atoms with Crippen LogP contribution in [-0.2, 0) is 6.54 Å². The van der Waals surface area contributed by atoms with E-state index in [2.05, 4.69) is 20.3 Å². The summed E-state index contributed by atoms with van der Waals surface area (Å²) in [4.78, 5) is 12.1. The number of imidazole rings is 1. The molecule has 0 unspecified atom stereocenters. The van der Waals surface area contributed by atoms with Crippen LogP contribution < -0.4 is 11.1 Å². The Bertz CT molecular complexity index is 430. The molecule has 0 saturated carbocycles. The van der Waals surface area contributed by atoms with Crippen molar-refractivity contribution in [2.75, 3.05) is 17.6 Å². The number of aryl methyl sites for hydroxylation is 1. The molecule has 2 aromatic heterocycles. The highest BCUT2D eigenvalue weighted by molar-refractivity contribution is 5.39. The summed E-state index contributed by atoms with van der Waals surface area (Å²) >= 11 is 0. The Labute approximate surface area is 93.6 Å². The van der Waals surface area contributed by atoms with Crippen molar-refractivity contribution in [2.45, 2.75) is 13.5 Å². The number of nitrogens with two attached hydrogens (primary N) is 1. The number of nitrogen functional groups attached to an aromatic ring is 1. The van der Waals surface area contributed by atoms with Crippen LogP contribution in [0.2, 0.25) is 0 Å². The highest BCUT2D eigenvalue weighted by Gasteiger charge is 1.98. The highest BCUT2D eigenvalue weighted by atomic mass is 15.1. The molecule has 0 aliphatic heterocycles. The average molecular weight is 218 g/mol. The summed E-state index contributed by atoms with van der Waals surface area (Å²) in [7, 11) is 0. The molecule has 0 saturated heterocycles. The first kappa shape index (κ1) is 10.4. The Morgan fingerprint density at radius 1 is 1.44 bits per heavy atom. The quantitative estimate of drug-likeness (QED) is 0.788. The van der Waals surface area contributed by atoms with E-state index < -0.39 is 0 Å². The third-order valence-corrected chi connectivity index (χ3v) is 2.11. The molecule has 0 radical (unpaired) electrons. The van der Waals surface area contributed by atoms with Gasteiger partial charge in [-0.2, -0.15) is 4.98 Å². The highest BCUT2D eigenvalue weighted by Crippen LogP contribution is 2.06. The van der Waals surface area contributed by atoms with Gasteiger partial charge in [0.15, 0.2) is 0 Å². The molecule has 16 heavy (non-hydrogen) atoms. The minimum Gasteiger partial charge on any atom is -0.368 e. The Hall–Kier alpha value is -2.11. The van der Waals surface area contributed by atoms with Gasteiger partial charge in [-0.1, -0.05) is 0 Å². The summed E-state index contributed by atoms with van der Waals surface area (Å²) in [5, 5.41) is 3.18. The van der Waals surface area contributed by atoms with Gasteiger partial charge in [0.05, 0.1) is 6.33 Å². The van der Waals surface area contributed by atoms with Crippen LogP contribution in [0.15, 0.2) is 24.8 Å². The molecule has 0 atom stereocenters. The van der Waals surface area contributed by atoms with E-state index in [1.807, 2.05) is 23.8 Å². The second-order valence-corrected chi connectivity index (χ2v) is 3.48. The van der Waals surface area contributed by atoms with E-state index in [1.54, 1.807) is 12.5 Å². The molecule has 0 aliphatic carbocycles. The van der Waals surface area contributed by atoms with Crippen molar-refractivity contribution in [1.82, 2.24) is 19.5 Å². The van der Waals surface area contributed by atoms with Gasteiger partial charge in [0, 0.05) is 37.2 Å². The van der Waals surface area contributed by atoms with Crippen LogP contribution in [0.3, 0.4) is 0 Å². The van der Waals surface area contributed by atoms with Gasteiger partial charge in [-0.15, -0.1) is 0 Å². The predicted octanol–water partition coefficient (Wildman–Crippen LogP) is 0.676. The molecule has 2 heterocycles. The lowest BCUT2D eigenvalue weighted by Gasteiger charge is -2.07. The number of hydrogen-bond donors (Lipinski definition) is 2. The second-order valence-electron chi connectivity index (χ2n) is 3.48. The largest absolute Gasteiger partial charge is 0.368 e. The second kappa shape index (κ2) is 4.61. The van der Waals surface area contributed by atoms with Gasteiger partial charge in [-0.05, 0) is 6.92 Å². The summed E-state index contributed by atoms with van der Waals surface area (Å²) in [5.74, 6) is 1.05. The molecule has 2 rings (SSSR count). The Kier molecular flexibility index (Phi) is 3.00. The topological polar surface area (TPSA) is 81.7 Å². The zero-order valence-electron chi connectivity index (χ0n) is 9.09. The van der Waals surface area contributed by atoms with Crippen molar-refractivity contribution < 1.29 is 0 Å². The van der Waals surface area contributed by atoms with E-state index in [9.17, 15) is 0 Å². The third-order valence-electron chi connectivity index (χ3n) is 2.11. The van der Waals surface area contributed by atoms with Crippen molar-refractivity contribution in [3.05, 3.63) is 30.5 Å². The fraction of sp³-hybridized carbons (Fsp3) is 0.300. The molecule has 0 aromatic carbocycles. The van der Waals surface area contributed by atoms with E-state index in [4.69, 9.17) is 5.73 Å². The van der Waals surface area contributed by atoms with Crippen LogP contribution in [0.1, 0.15) is 5.69 Å². The fourth-order valence-electron chi connectivity index (χ4n) is 1.41. The van der Waals surface area contributed by atoms with Crippen molar-refractivity contribution in [2.24, 2.45) is 0 Å². The van der Waals surface area contributed by atoms with Crippen molar-refractivity contribution >= 4 is 11.8 Å². The molecule has 6 nitrogen and oxygen atoms in total. The molecule has 0 fully saturated rings. The van der Waals surface area contributed by atoms with Crippen LogP contribution in [0.4, 0.5) is 11.8 Å². The van der Waals surface area contributed by atoms with Crippen LogP contribution in [-0.4, -0.2) is 26.1 Å². The van der Waals surface area contributed by atoms with E-state index in [1.165, 1.54) is 0 Å². The molecule has 0 spiro atoms. The zero-order valence-corrected chi connectivity index (χ0v) is 9.09. The van der Waals surface area contributed by atoms with Gasteiger partial charge in [-0.3, -0.25) is 0 Å². The molecule has 0 bridgehead atoms. The summed E-state index contributed by atoms with van der Waals surface area (Å²) < 4.78 is 1.99. The molecule has 3 N–H and O–H groups in total. The first-order valence-corrected chi connectivity index (χ1v) is 5.05. The van der Waals surface area contributed by atoms with E-state index in [0.29, 0.717) is 5.95 Å². The monoisotopic (exact) mass is 218 g/mol. The first-order chi connectivity index (χ1) is 7.74. The van der Waals surface area contributed by atoms with Crippen molar-refractivity contribution in [3.8, 4) is 0 Å². The SMILES string of the molecule is Cc1cc(NCCn2ccnc2)nc(N)n1. The van der Waals surface area contributed by atoms with Crippen molar-refractivity contribution in [1.29, 1.82) is 0 Å². The Balaban J connectivity index is 1.89. The normalized spacial score (nSPS) is 10.3. The number of nitrogens with one attached hydrogen (secondary N) is 1. The minimum atomic E-state index is 0.296.